The maximum atomic E-state index is 13.3. The highest BCUT2D eigenvalue weighted by atomic mass is 32.2. The molecule has 2 nitrogen and oxygen atoms in total. The molecule has 1 aliphatic heterocycles. The molecule has 0 aromatic heterocycles. The fourth-order valence-electron chi connectivity index (χ4n) is 5.02. The molecule has 5 aromatic carbocycles. The van der Waals surface area contributed by atoms with E-state index in [1.54, 1.807) is 18.7 Å². The zero-order chi connectivity index (χ0) is 23.1. The molecule has 1 amide bonds. The number of amides is 1. The van der Waals surface area contributed by atoms with Crippen molar-refractivity contribution in [2.24, 2.45) is 0 Å². The number of hydrogen-bond acceptors (Lipinski definition) is 2. The van der Waals surface area contributed by atoms with Gasteiger partial charge in [-0.25, -0.2) is 0 Å². The lowest BCUT2D eigenvalue weighted by Crippen LogP contribution is -2.42. The number of para-hydroxylation sites is 1. The second-order valence-electron chi connectivity index (χ2n) is 8.56. The predicted molar refractivity (Wildman–Crippen MR) is 144 cm³/mol. The number of carbonyl (C=O) groups is 1. The van der Waals surface area contributed by atoms with Gasteiger partial charge >= 0.3 is 0 Å². The Bertz CT molecular complexity index is 1570. The van der Waals surface area contributed by atoms with Crippen molar-refractivity contribution in [2.45, 2.75) is 16.7 Å². The van der Waals surface area contributed by atoms with Crippen molar-refractivity contribution in [2.75, 3.05) is 4.90 Å². The number of anilines is 1. The van der Waals surface area contributed by atoms with Crippen molar-refractivity contribution in [3.8, 4) is 0 Å². The Balaban J connectivity index is 1.70. The number of carbonyl (C=O) groups excluding carboxylic acids is 1. The lowest BCUT2D eigenvalue weighted by Gasteiger charge is -2.36. The van der Waals surface area contributed by atoms with Crippen LogP contribution >= 0.6 is 11.8 Å². The van der Waals surface area contributed by atoms with E-state index >= 15 is 0 Å². The average Bonchev–Trinajstić information content (AvgIpc) is 3.23. The Labute approximate surface area is 203 Å². The van der Waals surface area contributed by atoms with E-state index in [0.717, 1.165) is 27.1 Å². The van der Waals surface area contributed by atoms with Gasteiger partial charge in [-0.05, 0) is 51.4 Å². The van der Waals surface area contributed by atoms with Crippen LogP contribution in [0.5, 0.6) is 0 Å². The molecule has 0 spiro atoms. The summed E-state index contributed by atoms with van der Waals surface area (Å²) >= 11 is 1.73. The zero-order valence-electron chi connectivity index (χ0n) is 18.8. The maximum absolute atomic E-state index is 13.3. The normalized spacial score (nSPS) is 17.5. The van der Waals surface area contributed by atoms with Crippen LogP contribution in [0.4, 0.5) is 5.69 Å². The molecule has 164 valence electrons. The first kappa shape index (κ1) is 20.8. The summed E-state index contributed by atoms with van der Waals surface area (Å²) in [5.41, 5.74) is 3.17. The molecule has 1 atom stereocenters. The van der Waals surface area contributed by atoms with Crippen molar-refractivity contribution in [1.29, 1.82) is 0 Å². The monoisotopic (exact) mass is 457 g/mol. The van der Waals surface area contributed by atoms with Crippen LogP contribution < -0.4 is 4.90 Å². The molecule has 1 unspecified atom stereocenters. The molecule has 0 aliphatic carbocycles. The van der Waals surface area contributed by atoms with Gasteiger partial charge in [0.1, 0.15) is 4.87 Å². The summed E-state index contributed by atoms with van der Waals surface area (Å²) in [5.74, 6) is 0.0207. The Kier molecular flexibility index (Phi) is 5.00. The van der Waals surface area contributed by atoms with Crippen LogP contribution in [-0.4, -0.2) is 5.91 Å². The summed E-state index contributed by atoms with van der Waals surface area (Å²) in [4.78, 5) is 15.6. The van der Waals surface area contributed by atoms with Gasteiger partial charge < -0.3 is 0 Å². The highest BCUT2D eigenvalue weighted by Crippen LogP contribution is 2.58. The molecule has 6 rings (SSSR count). The van der Waals surface area contributed by atoms with Crippen molar-refractivity contribution in [1.82, 2.24) is 0 Å². The molecule has 0 saturated heterocycles. The van der Waals surface area contributed by atoms with Gasteiger partial charge in [-0.3, -0.25) is 9.69 Å². The predicted octanol–water partition coefficient (Wildman–Crippen LogP) is 8.02. The van der Waals surface area contributed by atoms with Crippen LogP contribution in [-0.2, 0) is 9.67 Å². The van der Waals surface area contributed by atoms with Crippen molar-refractivity contribution in [3.63, 3.8) is 0 Å². The molecule has 1 heterocycles. The Morgan fingerprint density at radius 2 is 1.41 bits per heavy atom. The summed E-state index contributed by atoms with van der Waals surface area (Å²) in [7, 11) is 0. The summed E-state index contributed by atoms with van der Waals surface area (Å²) in [6.07, 6.45) is 4.34. The van der Waals surface area contributed by atoms with Crippen LogP contribution in [0.15, 0.2) is 120 Å². The van der Waals surface area contributed by atoms with Gasteiger partial charge in [-0.15, -0.1) is 0 Å². The van der Waals surface area contributed by atoms with Gasteiger partial charge in [0.2, 0.25) is 5.91 Å². The SMILES string of the molecule is CC(=O)N1c2ccccc2SC1(C=Cc1ccccc1)c1cc2ccccc2c2ccccc12. The van der Waals surface area contributed by atoms with Gasteiger partial charge in [0, 0.05) is 17.4 Å². The Morgan fingerprint density at radius 1 is 0.765 bits per heavy atom. The van der Waals surface area contributed by atoms with E-state index in [9.17, 15) is 4.79 Å². The van der Waals surface area contributed by atoms with Gasteiger partial charge in [0.15, 0.2) is 0 Å². The van der Waals surface area contributed by atoms with E-state index in [1.807, 2.05) is 41.3 Å². The second kappa shape index (κ2) is 8.19. The molecule has 1 aliphatic rings. The molecule has 0 saturated carbocycles. The topological polar surface area (TPSA) is 20.3 Å². The fraction of sp³-hybridized carbons (Fsp3) is 0.0645. The van der Waals surface area contributed by atoms with Crippen molar-refractivity contribution in [3.05, 3.63) is 126 Å². The molecular weight excluding hydrogens is 434 g/mol. The van der Waals surface area contributed by atoms with Gasteiger partial charge in [0.05, 0.1) is 5.69 Å². The molecule has 0 bridgehead atoms. The first-order chi connectivity index (χ1) is 16.7. The smallest absolute Gasteiger partial charge is 0.225 e. The lowest BCUT2D eigenvalue weighted by molar-refractivity contribution is -0.117. The minimum Gasteiger partial charge on any atom is -0.288 e. The third kappa shape index (κ3) is 3.24. The van der Waals surface area contributed by atoms with E-state index in [4.69, 9.17) is 0 Å². The van der Waals surface area contributed by atoms with Gasteiger partial charge in [-0.2, -0.15) is 0 Å². The standard InChI is InChI=1S/C31H23NOS/c1-22(33)32-29-17-9-10-18-30(29)34-31(32,20-19-23-11-3-2-4-12-23)28-21-24-13-5-6-14-25(24)26-15-7-8-16-27(26)28/h2-21H,1H3. The molecule has 0 fully saturated rings. The van der Waals surface area contributed by atoms with Crippen LogP contribution in [0.3, 0.4) is 0 Å². The second-order valence-corrected chi connectivity index (χ2v) is 9.82. The Hall–Kier alpha value is -3.82. The first-order valence-electron chi connectivity index (χ1n) is 11.4. The molecule has 0 N–H and O–H groups in total. The summed E-state index contributed by atoms with van der Waals surface area (Å²) in [5, 5.41) is 4.75. The quantitative estimate of drug-likeness (QED) is 0.256. The largest absolute Gasteiger partial charge is 0.288 e. The number of thioether (sulfide) groups is 1. The van der Waals surface area contributed by atoms with Crippen LogP contribution in [0.1, 0.15) is 18.1 Å². The highest BCUT2D eigenvalue weighted by Gasteiger charge is 2.47. The van der Waals surface area contributed by atoms with E-state index in [-0.39, 0.29) is 5.91 Å². The number of hydrogen-bond donors (Lipinski definition) is 0. The molecular formula is C31H23NOS. The van der Waals surface area contributed by atoms with E-state index in [2.05, 4.69) is 84.9 Å². The van der Waals surface area contributed by atoms with Crippen molar-refractivity contribution < 1.29 is 4.79 Å². The molecule has 3 heteroatoms. The van der Waals surface area contributed by atoms with E-state index in [0.29, 0.717) is 0 Å². The van der Waals surface area contributed by atoms with E-state index in [1.165, 1.54) is 16.2 Å². The fourth-order valence-corrected chi connectivity index (χ4v) is 6.50. The minimum atomic E-state index is -0.713. The number of fused-ring (bicyclic) bond motifs is 4. The summed E-state index contributed by atoms with van der Waals surface area (Å²) < 4.78 is 0. The first-order valence-corrected chi connectivity index (χ1v) is 12.2. The van der Waals surface area contributed by atoms with Crippen molar-refractivity contribution >= 4 is 51.0 Å². The molecule has 34 heavy (non-hydrogen) atoms. The lowest BCUT2D eigenvalue weighted by atomic mass is 9.91. The van der Waals surface area contributed by atoms with Crippen LogP contribution in [0, 0.1) is 0 Å². The Morgan fingerprint density at radius 3 is 2.21 bits per heavy atom. The third-order valence-electron chi connectivity index (χ3n) is 6.47. The minimum absolute atomic E-state index is 0.0207. The highest BCUT2D eigenvalue weighted by molar-refractivity contribution is 8.01. The van der Waals surface area contributed by atoms with E-state index < -0.39 is 4.87 Å². The number of rotatable bonds is 3. The maximum Gasteiger partial charge on any atom is 0.225 e. The molecule has 0 radical (unpaired) electrons. The number of benzene rings is 5. The van der Waals surface area contributed by atoms with Crippen LogP contribution in [0.25, 0.3) is 27.6 Å². The zero-order valence-corrected chi connectivity index (χ0v) is 19.6. The van der Waals surface area contributed by atoms with Gasteiger partial charge in [0.25, 0.3) is 0 Å². The summed E-state index contributed by atoms with van der Waals surface area (Å²) in [6.45, 7) is 1.66. The average molecular weight is 458 g/mol. The van der Waals surface area contributed by atoms with Crippen LogP contribution in [0.2, 0.25) is 0 Å². The summed E-state index contributed by atoms with van der Waals surface area (Å²) in [6, 6.07) is 37.8. The van der Waals surface area contributed by atoms with Gasteiger partial charge in [-0.1, -0.05) is 109 Å². The number of nitrogens with zero attached hydrogens (tertiary/aromatic N) is 1. The molecule has 5 aromatic rings. The third-order valence-corrected chi connectivity index (χ3v) is 7.89.